The largest absolute Gasteiger partial charge is 0.371 e. The number of nitrogens with zero attached hydrogens (tertiary/aromatic N) is 2. The number of anilines is 2. The number of rotatable bonds is 2. The zero-order chi connectivity index (χ0) is 20.8. The molecule has 152 valence electrons. The zero-order valence-corrected chi connectivity index (χ0v) is 16.9. The second-order valence-corrected chi connectivity index (χ2v) is 8.18. The summed E-state index contributed by atoms with van der Waals surface area (Å²) in [7, 11) is 0. The Bertz CT molecular complexity index is 1070. The van der Waals surface area contributed by atoms with Gasteiger partial charge in [-0.2, -0.15) is 0 Å². The number of nitrogens with one attached hydrogen (secondary N) is 1. The van der Waals surface area contributed by atoms with Crippen molar-refractivity contribution < 1.29 is 14.4 Å². The van der Waals surface area contributed by atoms with Crippen LogP contribution in [0.25, 0.3) is 6.08 Å². The van der Waals surface area contributed by atoms with Crippen LogP contribution < -0.4 is 15.1 Å². The van der Waals surface area contributed by atoms with Crippen LogP contribution in [0.15, 0.2) is 42.0 Å². The second-order valence-electron chi connectivity index (χ2n) is 8.18. The summed E-state index contributed by atoms with van der Waals surface area (Å²) in [6, 6.07) is 10.5. The van der Waals surface area contributed by atoms with Gasteiger partial charge in [0.1, 0.15) is 5.57 Å². The van der Waals surface area contributed by atoms with Crippen LogP contribution >= 0.6 is 0 Å². The van der Waals surface area contributed by atoms with Gasteiger partial charge in [-0.15, -0.1) is 0 Å². The summed E-state index contributed by atoms with van der Waals surface area (Å²) in [5.41, 5.74) is 6.17. The van der Waals surface area contributed by atoms with Crippen molar-refractivity contribution in [2.75, 3.05) is 22.9 Å². The summed E-state index contributed by atoms with van der Waals surface area (Å²) < 4.78 is 0. The van der Waals surface area contributed by atoms with Crippen molar-refractivity contribution in [1.29, 1.82) is 0 Å². The summed E-state index contributed by atoms with van der Waals surface area (Å²) in [6.45, 7) is 4.12. The number of carbonyl (C=O) groups excluding carboxylic acids is 3. The standard InChI is InChI=1S/C24H23N3O3/c1-15-6-8-19(9-7-15)27-23(29)20(22(28)25-24(27)30)14-16-12-17-4-2-10-26-11-3-5-18(13-16)21(17)26/h6-9,12-14H,2-5,10-11H2,1H3,(H,25,28,30). The van der Waals surface area contributed by atoms with Crippen LogP contribution in [-0.4, -0.2) is 30.9 Å². The molecule has 0 aliphatic carbocycles. The quantitative estimate of drug-likeness (QED) is 0.619. The lowest BCUT2D eigenvalue weighted by atomic mass is 9.89. The molecular formula is C24H23N3O3. The Balaban J connectivity index is 1.54. The van der Waals surface area contributed by atoms with Crippen LogP contribution in [0.4, 0.5) is 16.2 Å². The van der Waals surface area contributed by atoms with Gasteiger partial charge < -0.3 is 4.90 Å². The third-order valence-corrected chi connectivity index (χ3v) is 6.06. The molecule has 4 amide bonds. The lowest BCUT2D eigenvalue weighted by molar-refractivity contribution is -0.122. The first kappa shape index (κ1) is 18.6. The predicted molar refractivity (Wildman–Crippen MR) is 115 cm³/mol. The maximum atomic E-state index is 13.1. The van der Waals surface area contributed by atoms with E-state index >= 15 is 0 Å². The van der Waals surface area contributed by atoms with Gasteiger partial charge >= 0.3 is 6.03 Å². The van der Waals surface area contributed by atoms with Gasteiger partial charge in [-0.25, -0.2) is 9.69 Å². The lowest BCUT2D eigenvalue weighted by Gasteiger charge is -2.37. The number of barbiturate groups is 1. The normalized spacial score (nSPS) is 19.8. The molecule has 0 atom stereocenters. The molecule has 0 aromatic heterocycles. The van der Waals surface area contributed by atoms with Crippen molar-refractivity contribution in [3.8, 4) is 0 Å². The van der Waals surface area contributed by atoms with Crippen molar-refractivity contribution >= 4 is 35.3 Å². The molecule has 0 bridgehead atoms. The van der Waals surface area contributed by atoms with Gasteiger partial charge in [-0.3, -0.25) is 14.9 Å². The van der Waals surface area contributed by atoms with E-state index in [0.29, 0.717) is 5.69 Å². The van der Waals surface area contributed by atoms with Crippen LogP contribution in [-0.2, 0) is 22.4 Å². The molecule has 0 radical (unpaired) electrons. The summed E-state index contributed by atoms with van der Waals surface area (Å²) in [5, 5.41) is 2.30. The smallest absolute Gasteiger partial charge is 0.335 e. The summed E-state index contributed by atoms with van der Waals surface area (Å²) in [4.78, 5) is 41.5. The molecule has 1 N–H and O–H groups in total. The first-order valence-corrected chi connectivity index (χ1v) is 10.4. The van der Waals surface area contributed by atoms with Crippen molar-refractivity contribution in [3.63, 3.8) is 0 Å². The van der Waals surface area contributed by atoms with Gasteiger partial charge in [0.2, 0.25) is 0 Å². The van der Waals surface area contributed by atoms with Gasteiger partial charge in [0.05, 0.1) is 5.69 Å². The number of carbonyl (C=O) groups is 3. The molecule has 6 heteroatoms. The molecule has 0 unspecified atom stereocenters. The number of hydrogen-bond donors (Lipinski definition) is 1. The Kier molecular flexibility index (Phi) is 4.42. The first-order valence-electron chi connectivity index (χ1n) is 10.4. The molecule has 1 saturated heterocycles. The maximum Gasteiger partial charge on any atom is 0.335 e. The highest BCUT2D eigenvalue weighted by Gasteiger charge is 2.37. The molecule has 6 nitrogen and oxygen atoms in total. The number of benzene rings is 2. The van der Waals surface area contributed by atoms with Gasteiger partial charge in [0.15, 0.2) is 0 Å². The molecular weight excluding hydrogens is 378 g/mol. The lowest BCUT2D eigenvalue weighted by Crippen LogP contribution is -2.54. The average molecular weight is 401 g/mol. The van der Waals surface area contributed by atoms with Crippen molar-refractivity contribution in [1.82, 2.24) is 5.32 Å². The summed E-state index contributed by atoms with van der Waals surface area (Å²) >= 11 is 0. The molecule has 3 heterocycles. The third-order valence-electron chi connectivity index (χ3n) is 6.06. The number of amides is 4. The number of aryl methyl sites for hydroxylation is 3. The molecule has 2 aromatic rings. The number of imide groups is 2. The second kappa shape index (κ2) is 7.13. The fourth-order valence-corrected chi connectivity index (χ4v) is 4.67. The number of urea groups is 1. The van der Waals surface area contributed by atoms with E-state index in [4.69, 9.17) is 0 Å². The van der Waals surface area contributed by atoms with Gasteiger partial charge in [0, 0.05) is 18.8 Å². The van der Waals surface area contributed by atoms with E-state index < -0.39 is 17.8 Å². The van der Waals surface area contributed by atoms with E-state index in [1.165, 1.54) is 16.8 Å². The zero-order valence-electron chi connectivity index (χ0n) is 16.9. The highest BCUT2D eigenvalue weighted by Crippen LogP contribution is 2.36. The SMILES string of the molecule is Cc1ccc(N2C(=O)NC(=O)C(=Cc3cc4c5c(c3)CCCN5CCC4)C2=O)cc1. The van der Waals surface area contributed by atoms with Crippen molar-refractivity contribution in [2.24, 2.45) is 0 Å². The van der Waals surface area contributed by atoms with Crippen LogP contribution in [0.3, 0.4) is 0 Å². The highest BCUT2D eigenvalue weighted by molar-refractivity contribution is 6.39. The predicted octanol–water partition coefficient (Wildman–Crippen LogP) is 3.36. The third kappa shape index (κ3) is 3.09. The summed E-state index contributed by atoms with van der Waals surface area (Å²) in [5.74, 6) is -1.25. The van der Waals surface area contributed by atoms with Gasteiger partial charge in [-0.1, -0.05) is 17.7 Å². The number of hydrogen-bond acceptors (Lipinski definition) is 4. The van der Waals surface area contributed by atoms with E-state index in [1.54, 1.807) is 18.2 Å². The molecule has 5 rings (SSSR count). The van der Waals surface area contributed by atoms with E-state index in [2.05, 4.69) is 22.3 Å². The minimum Gasteiger partial charge on any atom is -0.371 e. The van der Waals surface area contributed by atoms with E-state index in [0.717, 1.165) is 54.8 Å². The topological polar surface area (TPSA) is 69.7 Å². The van der Waals surface area contributed by atoms with E-state index in [1.807, 2.05) is 19.1 Å². The Morgan fingerprint density at radius 1 is 0.933 bits per heavy atom. The van der Waals surface area contributed by atoms with E-state index in [-0.39, 0.29) is 5.57 Å². The molecule has 0 saturated carbocycles. The Morgan fingerprint density at radius 3 is 2.20 bits per heavy atom. The van der Waals surface area contributed by atoms with Gasteiger partial charge in [0.25, 0.3) is 11.8 Å². The summed E-state index contributed by atoms with van der Waals surface area (Å²) in [6.07, 6.45) is 5.85. The van der Waals surface area contributed by atoms with Crippen LogP contribution in [0, 0.1) is 6.92 Å². The Labute approximate surface area is 175 Å². The minimum atomic E-state index is -0.720. The molecule has 2 aromatic carbocycles. The Hall–Kier alpha value is -3.41. The van der Waals surface area contributed by atoms with Crippen molar-refractivity contribution in [2.45, 2.75) is 32.6 Å². The molecule has 0 spiro atoms. The van der Waals surface area contributed by atoms with Gasteiger partial charge in [-0.05, 0) is 79.6 Å². The fraction of sp³-hybridized carbons (Fsp3) is 0.292. The van der Waals surface area contributed by atoms with Crippen LogP contribution in [0.1, 0.15) is 35.1 Å². The molecule has 30 heavy (non-hydrogen) atoms. The Morgan fingerprint density at radius 2 is 1.57 bits per heavy atom. The molecule has 1 fully saturated rings. The van der Waals surface area contributed by atoms with Crippen molar-refractivity contribution in [3.05, 3.63) is 64.2 Å². The fourth-order valence-electron chi connectivity index (χ4n) is 4.67. The minimum absolute atomic E-state index is 0.0224. The van der Waals surface area contributed by atoms with Crippen LogP contribution in [0.2, 0.25) is 0 Å². The maximum absolute atomic E-state index is 13.1. The monoisotopic (exact) mass is 401 g/mol. The van der Waals surface area contributed by atoms with E-state index in [9.17, 15) is 14.4 Å². The molecule has 3 aliphatic rings. The van der Waals surface area contributed by atoms with Crippen LogP contribution in [0.5, 0.6) is 0 Å². The average Bonchev–Trinajstić information content (AvgIpc) is 2.73. The molecule has 3 aliphatic heterocycles. The highest BCUT2D eigenvalue weighted by atomic mass is 16.2. The first-order chi connectivity index (χ1) is 14.5.